The van der Waals surface area contributed by atoms with Gasteiger partial charge in [-0.1, -0.05) is 19.3 Å². The molecule has 0 heterocycles. The zero-order valence-electron chi connectivity index (χ0n) is 17.7. The van der Waals surface area contributed by atoms with Gasteiger partial charge in [-0.05, 0) is 18.8 Å². The minimum atomic E-state index is -0.406. The van der Waals surface area contributed by atoms with Crippen molar-refractivity contribution in [3.63, 3.8) is 0 Å². The maximum Gasteiger partial charge on any atom is 0.307 e. The molecule has 1 amide bonds. The van der Waals surface area contributed by atoms with Crippen molar-refractivity contribution in [2.75, 3.05) is 66.5 Å². The smallest absolute Gasteiger partial charge is 0.307 e. The third-order valence-corrected chi connectivity index (χ3v) is 4.80. The molecule has 0 unspecified atom stereocenters. The summed E-state index contributed by atoms with van der Waals surface area (Å²) in [6.45, 7) is 3.96. The van der Waals surface area contributed by atoms with Gasteiger partial charge in [-0.25, -0.2) is 0 Å². The molecule has 170 valence electrons. The van der Waals surface area contributed by atoms with Crippen LogP contribution in [-0.4, -0.2) is 84.4 Å². The Hall–Kier alpha value is -1.26. The minimum absolute atomic E-state index is 0.0804. The summed E-state index contributed by atoms with van der Waals surface area (Å²) < 4.78 is 25.9. The fourth-order valence-electron chi connectivity index (χ4n) is 3.09. The lowest BCUT2D eigenvalue weighted by atomic mass is 9.84. The van der Waals surface area contributed by atoms with Crippen LogP contribution in [0.5, 0.6) is 0 Å². The highest BCUT2D eigenvalue weighted by molar-refractivity contribution is 5.81. The van der Waals surface area contributed by atoms with Crippen molar-refractivity contribution in [2.45, 2.75) is 44.6 Å². The maximum atomic E-state index is 12.0. The lowest BCUT2D eigenvalue weighted by molar-refractivity contribution is -0.142. The number of ether oxygens (including phenoxy) is 5. The summed E-state index contributed by atoms with van der Waals surface area (Å²) in [5, 5.41) is 2.84. The summed E-state index contributed by atoms with van der Waals surface area (Å²) in [5.74, 6) is -0.0539. The van der Waals surface area contributed by atoms with Crippen LogP contribution in [-0.2, 0) is 33.3 Å². The van der Waals surface area contributed by atoms with E-state index in [-0.39, 0.29) is 18.3 Å². The predicted octanol–water partition coefficient (Wildman–Crippen LogP) is 0.640. The number of hydrogen-bond donors (Lipinski definition) is 2. The van der Waals surface area contributed by atoms with Crippen molar-refractivity contribution in [3.8, 4) is 0 Å². The van der Waals surface area contributed by atoms with Gasteiger partial charge in [-0.2, -0.15) is 0 Å². The molecule has 3 N–H and O–H groups in total. The third kappa shape index (κ3) is 13.6. The fourth-order valence-corrected chi connectivity index (χ4v) is 3.09. The highest BCUT2D eigenvalue weighted by Crippen LogP contribution is 2.25. The van der Waals surface area contributed by atoms with E-state index in [0.717, 1.165) is 12.8 Å². The normalized spacial score (nSPS) is 15.8. The van der Waals surface area contributed by atoms with E-state index in [4.69, 9.17) is 24.7 Å². The standard InChI is InChI=1S/C20H38N2O7/c1-25-18(23)7-9-26-11-13-28-15-16-29-14-12-27-10-8-22-20(24)19(21)17-5-3-2-4-6-17/h17,19H,2-16,21H2,1H3,(H,22,24)/t19-/m1/s1. The van der Waals surface area contributed by atoms with Crippen LogP contribution in [0, 0.1) is 5.92 Å². The molecule has 0 aromatic rings. The molecular weight excluding hydrogens is 380 g/mol. The second kappa shape index (κ2) is 17.6. The molecule has 0 radical (unpaired) electrons. The molecule has 0 aromatic heterocycles. The molecule has 1 saturated carbocycles. The SMILES string of the molecule is COC(=O)CCOCCOCCOCCOCCNC(=O)[C@H](N)C1CCCCC1. The highest BCUT2D eigenvalue weighted by Gasteiger charge is 2.25. The summed E-state index contributed by atoms with van der Waals surface area (Å²) in [6.07, 6.45) is 5.94. The number of carbonyl (C=O) groups excluding carboxylic acids is 2. The van der Waals surface area contributed by atoms with Crippen LogP contribution in [0.25, 0.3) is 0 Å². The number of carbonyl (C=O) groups is 2. The molecule has 0 aliphatic heterocycles. The van der Waals surface area contributed by atoms with Crippen molar-refractivity contribution < 1.29 is 33.3 Å². The van der Waals surface area contributed by atoms with E-state index in [1.165, 1.54) is 26.4 Å². The van der Waals surface area contributed by atoms with E-state index in [2.05, 4.69) is 10.1 Å². The van der Waals surface area contributed by atoms with E-state index in [1.54, 1.807) is 0 Å². The molecule has 1 aliphatic carbocycles. The number of methoxy groups -OCH3 is 1. The second-order valence-electron chi connectivity index (χ2n) is 6.99. The summed E-state index contributed by atoms with van der Waals surface area (Å²) in [5.41, 5.74) is 6.05. The van der Waals surface area contributed by atoms with Gasteiger partial charge in [0.25, 0.3) is 0 Å². The van der Waals surface area contributed by atoms with Gasteiger partial charge >= 0.3 is 5.97 Å². The van der Waals surface area contributed by atoms with Crippen LogP contribution < -0.4 is 11.1 Å². The molecule has 1 atom stereocenters. The van der Waals surface area contributed by atoms with E-state index in [1.807, 2.05) is 0 Å². The second-order valence-corrected chi connectivity index (χ2v) is 6.99. The number of nitrogens with one attached hydrogen (secondary N) is 1. The quantitative estimate of drug-likeness (QED) is 0.261. The van der Waals surface area contributed by atoms with Gasteiger partial charge in [0.05, 0.1) is 72.4 Å². The van der Waals surface area contributed by atoms with Crippen LogP contribution in [0.4, 0.5) is 0 Å². The number of nitrogens with two attached hydrogens (primary N) is 1. The Labute approximate surface area is 173 Å². The molecule has 29 heavy (non-hydrogen) atoms. The Morgan fingerprint density at radius 3 is 1.93 bits per heavy atom. The Kier molecular flexibility index (Phi) is 15.6. The molecule has 0 aromatic carbocycles. The molecule has 1 rings (SSSR count). The minimum Gasteiger partial charge on any atom is -0.469 e. The lowest BCUT2D eigenvalue weighted by Gasteiger charge is -2.26. The van der Waals surface area contributed by atoms with Crippen molar-refractivity contribution >= 4 is 11.9 Å². The number of amides is 1. The van der Waals surface area contributed by atoms with Crippen LogP contribution in [0.3, 0.4) is 0 Å². The Morgan fingerprint density at radius 1 is 0.862 bits per heavy atom. The molecule has 0 bridgehead atoms. The zero-order valence-corrected chi connectivity index (χ0v) is 17.7. The predicted molar refractivity (Wildman–Crippen MR) is 107 cm³/mol. The van der Waals surface area contributed by atoms with E-state index >= 15 is 0 Å². The first kappa shape index (κ1) is 25.8. The average molecular weight is 419 g/mol. The highest BCUT2D eigenvalue weighted by atomic mass is 16.6. The van der Waals surface area contributed by atoms with E-state index < -0.39 is 6.04 Å². The molecule has 9 nitrogen and oxygen atoms in total. The molecule has 1 aliphatic rings. The van der Waals surface area contributed by atoms with Gasteiger partial charge in [0.1, 0.15) is 0 Å². The Balaban J connectivity index is 1.79. The Bertz CT molecular complexity index is 431. The van der Waals surface area contributed by atoms with Crippen molar-refractivity contribution in [2.24, 2.45) is 11.7 Å². The van der Waals surface area contributed by atoms with E-state index in [0.29, 0.717) is 65.3 Å². The fraction of sp³-hybridized carbons (Fsp3) is 0.900. The van der Waals surface area contributed by atoms with Gasteiger partial charge in [-0.3, -0.25) is 9.59 Å². The largest absolute Gasteiger partial charge is 0.469 e. The van der Waals surface area contributed by atoms with Gasteiger partial charge in [0.15, 0.2) is 0 Å². The van der Waals surface area contributed by atoms with Crippen LogP contribution in [0.2, 0.25) is 0 Å². The first-order valence-corrected chi connectivity index (χ1v) is 10.6. The van der Waals surface area contributed by atoms with E-state index in [9.17, 15) is 9.59 Å². The topological polar surface area (TPSA) is 118 Å². The van der Waals surface area contributed by atoms with Crippen LogP contribution >= 0.6 is 0 Å². The molecular formula is C20H38N2O7. The Morgan fingerprint density at radius 2 is 1.38 bits per heavy atom. The molecule has 1 fully saturated rings. The summed E-state index contributed by atoms with van der Waals surface area (Å²) in [4.78, 5) is 22.9. The monoisotopic (exact) mass is 418 g/mol. The van der Waals surface area contributed by atoms with Crippen LogP contribution in [0.15, 0.2) is 0 Å². The molecule has 0 spiro atoms. The zero-order chi connectivity index (χ0) is 21.2. The summed E-state index contributed by atoms with van der Waals surface area (Å²) >= 11 is 0. The molecule has 9 heteroatoms. The van der Waals surface area contributed by atoms with Gasteiger partial charge in [0.2, 0.25) is 5.91 Å². The summed E-state index contributed by atoms with van der Waals surface area (Å²) in [7, 11) is 1.35. The maximum absolute atomic E-state index is 12.0. The van der Waals surface area contributed by atoms with Gasteiger partial charge in [-0.15, -0.1) is 0 Å². The number of rotatable bonds is 17. The van der Waals surface area contributed by atoms with Crippen molar-refractivity contribution in [1.82, 2.24) is 5.32 Å². The third-order valence-electron chi connectivity index (χ3n) is 4.80. The summed E-state index contributed by atoms with van der Waals surface area (Å²) in [6, 6.07) is -0.406. The first-order chi connectivity index (χ1) is 14.1. The van der Waals surface area contributed by atoms with Crippen molar-refractivity contribution in [1.29, 1.82) is 0 Å². The van der Waals surface area contributed by atoms with Crippen molar-refractivity contribution in [3.05, 3.63) is 0 Å². The lowest BCUT2D eigenvalue weighted by Crippen LogP contribution is -2.46. The van der Waals surface area contributed by atoms with Gasteiger partial charge < -0.3 is 34.7 Å². The number of hydrogen-bond acceptors (Lipinski definition) is 8. The first-order valence-electron chi connectivity index (χ1n) is 10.6. The van der Waals surface area contributed by atoms with Crippen LogP contribution in [0.1, 0.15) is 38.5 Å². The average Bonchev–Trinajstić information content (AvgIpc) is 2.76. The number of esters is 1. The van der Waals surface area contributed by atoms with Gasteiger partial charge in [0, 0.05) is 6.54 Å². The molecule has 0 saturated heterocycles.